The van der Waals surface area contributed by atoms with E-state index in [4.69, 9.17) is 10.3 Å². The van der Waals surface area contributed by atoms with E-state index in [0.29, 0.717) is 5.76 Å². The molecule has 1 heterocycles. The Kier molecular flexibility index (Phi) is 4.31. The van der Waals surface area contributed by atoms with Gasteiger partial charge in [-0.05, 0) is 0 Å². The minimum atomic E-state index is -0.270. The average molecular weight is 192 g/mol. The Balaban J connectivity index is 0.00000121. The second kappa shape index (κ2) is 4.74. The molecule has 0 aliphatic carbocycles. The lowest BCUT2D eigenvalue weighted by Crippen LogP contribution is -2.17. The van der Waals surface area contributed by atoms with Gasteiger partial charge in [0.1, 0.15) is 0 Å². The molecule has 12 heavy (non-hydrogen) atoms. The first-order valence-electron chi connectivity index (χ1n) is 3.15. The molecule has 0 radical (unpaired) electrons. The molecule has 0 aromatic carbocycles. The number of nitrogens with one attached hydrogen (secondary N) is 1. The molecule has 5 nitrogen and oxygen atoms in total. The Morgan fingerprint density at radius 3 is 2.92 bits per heavy atom. The van der Waals surface area contributed by atoms with E-state index in [9.17, 15) is 4.79 Å². The number of amides is 1. The number of rotatable bonds is 2. The molecule has 68 valence electrons. The normalized spacial score (nSPS) is 8.83. The monoisotopic (exact) mass is 191 g/mol. The van der Waals surface area contributed by atoms with Crippen LogP contribution < -0.4 is 11.1 Å². The lowest BCUT2D eigenvalue weighted by atomic mass is 10.3. The largest absolute Gasteiger partial charge is 0.359 e. The topological polar surface area (TPSA) is 81.2 Å². The van der Waals surface area contributed by atoms with Gasteiger partial charge in [-0.3, -0.25) is 4.79 Å². The van der Waals surface area contributed by atoms with Crippen molar-refractivity contribution in [3.63, 3.8) is 0 Å². The zero-order valence-corrected chi connectivity index (χ0v) is 7.35. The first-order valence-corrected chi connectivity index (χ1v) is 3.15. The molecular weight excluding hydrogens is 182 g/mol. The molecule has 6 heteroatoms. The summed E-state index contributed by atoms with van der Waals surface area (Å²) in [4.78, 5) is 10.9. The van der Waals surface area contributed by atoms with Crippen LogP contribution in [-0.4, -0.2) is 18.1 Å². The van der Waals surface area contributed by atoms with Crippen LogP contribution in [0.3, 0.4) is 0 Å². The molecule has 0 saturated heterocycles. The summed E-state index contributed by atoms with van der Waals surface area (Å²) in [5.41, 5.74) is 5.50. The third-order valence-electron chi connectivity index (χ3n) is 1.22. The quantitative estimate of drug-likeness (QED) is 0.685. The van der Waals surface area contributed by atoms with Crippen molar-refractivity contribution in [3.05, 3.63) is 17.5 Å². The first kappa shape index (κ1) is 10.9. The fourth-order valence-corrected chi connectivity index (χ4v) is 0.644. The van der Waals surface area contributed by atoms with Gasteiger partial charge in [0.15, 0.2) is 11.5 Å². The van der Waals surface area contributed by atoms with Crippen LogP contribution in [0.5, 0.6) is 0 Å². The van der Waals surface area contributed by atoms with Crippen molar-refractivity contribution in [2.75, 3.05) is 7.05 Å². The highest BCUT2D eigenvalue weighted by molar-refractivity contribution is 5.91. The molecular formula is C6H10ClN3O2. The Bertz CT molecular complexity index is 261. The third-order valence-corrected chi connectivity index (χ3v) is 1.22. The zero-order valence-electron chi connectivity index (χ0n) is 6.53. The lowest BCUT2D eigenvalue weighted by Gasteiger charge is -1.88. The van der Waals surface area contributed by atoms with Gasteiger partial charge in [-0.2, -0.15) is 0 Å². The number of carbonyl (C=O) groups excluding carboxylic acids is 1. The minimum Gasteiger partial charge on any atom is -0.359 e. The highest BCUT2D eigenvalue weighted by atomic mass is 35.5. The Hall–Kier alpha value is -1.07. The van der Waals surface area contributed by atoms with Crippen molar-refractivity contribution in [1.82, 2.24) is 10.5 Å². The maximum absolute atomic E-state index is 10.9. The van der Waals surface area contributed by atoms with Gasteiger partial charge in [0.25, 0.3) is 5.91 Å². The molecule has 1 amide bonds. The highest BCUT2D eigenvalue weighted by Gasteiger charge is 2.08. The van der Waals surface area contributed by atoms with E-state index in [2.05, 4.69) is 10.5 Å². The van der Waals surface area contributed by atoms with Crippen molar-refractivity contribution in [3.8, 4) is 0 Å². The number of hydrogen-bond acceptors (Lipinski definition) is 4. The minimum absolute atomic E-state index is 0. The summed E-state index contributed by atoms with van der Waals surface area (Å²) < 4.78 is 4.70. The van der Waals surface area contributed by atoms with Gasteiger partial charge < -0.3 is 15.6 Å². The summed E-state index contributed by atoms with van der Waals surface area (Å²) in [6.45, 7) is 0.254. The number of nitrogens with zero attached hydrogens (tertiary/aromatic N) is 1. The zero-order chi connectivity index (χ0) is 8.27. The van der Waals surface area contributed by atoms with Crippen LogP contribution in [0.25, 0.3) is 0 Å². The SMILES string of the molecule is CNC(=O)c1cc(CN)on1.Cl. The maximum Gasteiger partial charge on any atom is 0.273 e. The standard InChI is InChI=1S/C6H9N3O2.ClH/c1-8-6(10)5-2-4(3-7)11-9-5;/h2H,3,7H2,1H3,(H,8,10);1H. The summed E-state index contributed by atoms with van der Waals surface area (Å²) in [6.07, 6.45) is 0. The number of carbonyl (C=O) groups is 1. The van der Waals surface area contributed by atoms with Crippen molar-refractivity contribution < 1.29 is 9.32 Å². The molecule has 0 aliphatic heterocycles. The first-order chi connectivity index (χ1) is 5.27. The summed E-state index contributed by atoms with van der Waals surface area (Å²) in [6, 6.07) is 1.51. The van der Waals surface area contributed by atoms with E-state index in [1.165, 1.54) is 13.1 Å². The second-order valence-corrected chi connectivity index (χ2v) is 1.96. The van der Waals surface area contributed by atoms with Gasteiger partial charge in [0.05, 0.1) is 6.54 Å². The molecule has 0 saturated carbocycles. The molecule has 1 rings (SSSR count). The Labute approximate surface area is 75.7 Å². The molecule has 3 N–H and O–H groups in total. The lowest BCUT2D eigenvalue weighted by molar-refractivity contribution is 0.0954. The van der Waals surface area contributed by atoms with Gasteiger partial charge >= 0.3 is 0 Å². The van der Waals surface area contributed by atoms with Gasteiger partial charge in [0.2, 0.25) is 0 Å². The molecule has 0 unspecified atom stereocenters. The van der Waals surface area contributed by atoms with Gasteiger partial charge in [-0.1, -0.05) is 5.16 Å². The van der Waals surface area contributed by atoms with E-state index in [0.717, 1.165) is 0 Å². The van der Waals surface area contributed by atoms with Crippen LogP contribution in [0.1, 0.15) is 16.2 Å². The number of nitrogens with two attached hydrogens (primary N) is 1. The Morgan fingerprint density at radius 1 is 1.83 bits per heavy atom. The van der Waals surface area contributed by atoms with Gasteiger partial charge in [-0.25, -0.2) is 0 Å². The van der Waals surface area contributed by atoms with E-state index in [-0.39, 0.29) is 30.6 Å². The van der Waals surface area contributed by atoms with Crippen LogP contribution in [0.2, 0.25) is 0 Å². The summed E-state index contributed by atoms with van der Waals surface area (Å²) >= 11 is 0. The molecule has 0 aliphatic rings. The smallest absolute Gasteiger partial charge is 0.273 e. The molecule has 0 spiro atoms. The number of halogens is 1. The van der Waals surface area contributed by atoms with E-state index >= 15 is 0 Å². The van der Waals surface area contributed by atoms with E-state index < -0.39 is 0 Å². The fourth-order valence-electron chi connectivity index (χ4n) is 0.644. The highest BCUT2D eigenvalue weighted by Crippen LogP contribution is 2.01. The molecule has 0 atom stereocenters. The summed E-state index contributed by atoms with van der Waals surface area (Å²) in [7, 11) is 1.53. The summed E-state index contributed by atoms with van der Waals surface area (Å²) in [5.74, 6) is 0.233. The van der Waals surface area contributed by atoms with Crippen LogP contribution in [0.4, 0.5) is 0 Å². The van der Waals surface area contributed by atoms with Crippen molar-refractivity contribution >= 4 is 18.3 Å². The maximum atomic E-state index is 10.9. The van der Waals surface area contributed by atoms with Crippen LogP contribution >= 0.6 is 12.4 Å². The van der Waals surface area contributed by atoms with Crippen molar-refractivity contribution in [2.45, 2.75) is 6.54 Å². The van der Waals surface area contributed by atoms with E-state index in [1.807, 2.05) is 0 Å². The number of hydrogen-bond donors (Lipinski definition) is 2. The predicted octanol–water partition coefficient (Wildman–Crippen LogP) is -0.0853. The van der Waals surface area contributed by atoms with Gasteiger partial charge in [-0.15, -0.1) is 12.4 Å². The van der Waals surface area contributed by atoms with Crippen LogP contribution in [0.15, 0.2) is 10.6 Å². The average Bonchev–Trinajstić information content (AvgIpc) is 2.50. The molecule has 0 fully saturated rings. The van der Waals surface area contributed by atoms with E-state index in [1.54, 1.807) is 0 Å². The molecule has 0 bridgehead atoms. The van der Waals surface area contributed by atoms with Crippen LogP contribution in [0, 0.1) is 0 Å². The fraction of sp³-hybridized carbons (Fsp3) is 0.333. The predicted molar refractivity (Wildman–Crippen MR) is 45.0 cm³/mol. The van der Waals surface area contributed by atoms with Crippen molar-refractivity contribution in [1.29, 1.82) is 0 Å². The second-order valence-electron chi connectivity index (χ2n) is 1.96. The van der Waals surface area contributed by atoms with Crippen molar-refractivity contribution in [2.24, 2.45) is 5.73 Å². The number of aromatic nitrogens is 1. The molecule has 1 aromatic rings. The Morgan fingerprint density at radius 2 is 2.50 bits per heavy atom. The summed E-state index contributed by atoms with van der Waals surface area (Å²) in [5, 5.41) is 5.91. The third kappa shape index (κ3) is 2.21. The van der Waals surface area contributed by atoms with Gasteiger partial charge in [0, 0.05) is 13.1 Å². The van der Waals surface area contributed by atoms with Crippen LogP contribution in [-0.2, 0) is 6.54 Å². The molecule has 1 aromatic heterocycles.